The fourth-order valence-electron chi connectivity index (χ4n) is 3.01. The molecule has 0 bridgehead atoms. The lowest BCUT2D eigenvalue weighted by Gasteiger charge is -2.34. The second kappa shape index (κ2) is 8.16. The number of carbonyl (C=O) groups is 1. The lowest BCUT2D eigenvalue weighted by Crippen LogP contribution is -2.49. The van der Waals surface area contributed by atoms with E-state index in [-0.39, 0.29) is 18.3 Å². The van der Waals surface area contributed by atoms with E-state index in [9.17, 15) is 20.1 Å². The third-order valence-electron chi connectivity index (χ3n) is 4.30. The molecule has 2 aromatic carbocycles. The number of hydrogen-bond acceptors (Lipinski definition) is 6. The zero-order valence-corrected chi connectivity index (χ0v) is 15.2. The Hall–Kier alpha value is -3.29. The summed E-state index contributed by atoms with van der Waals surface area (Å²) < 4.78 is 5.59. The van der Waals surface area contributed by atoms with Crippen LogP contribution in [0.2, 0.25) is 0 Å². The summed E-state index contributed by atoms with van der Waals surface area (Å²) in [5.41, 5.74) is -0.510. The zero-order chi connectivity index (χ0) is 20.1. The predicted octanol–water partition coefficient (Wildman–Crippen LogP) is 2.05. The molecule has 144 valence electrons. The summed E-state index contributed by atoms with van der Waals surface area (Å²) >= 11 is 0. The molecule has 0 amide bonds. The molecule has 28 heavy (non-hydrogen) atoms. The van der Waals surface area contributed by atoms with Gasteiger partial charge in [0, 0.05) is 5.69 Å². The van der Waals surface area contributed by atoms with Gasteiger partial charge in [-0.1, -0.05) is 60.7 Å². The second-order valence-electron chi connectivity index (χ2n) is 6.28. The number of benzene rings is 2. The highest BCUT2D eigenvalue weighted by atomic mass is 16.5. The quantitative estimate of drug-likeness (QED) is 0.575. The summed E-state index contributed by atoms with van der Waals surface area (Å²) in [7, 11) is 0. The number of ether oxygens (including phenoxy) is 1. The summed E-state index contributed by atoms with van der Waals surface area (Å²) in [6, 6.07) is 18.2. The van der Waals surface area contributed by atoms with Crippen LogP contribution >= 0.6 is 0 Å². The number of carboxylic acids is 1. The topological polar surface area (TPSA) is 113 Å². The fraction of sp³-hybridized carbons (Fsp3) is 0.190. The summed E-state index contributed by atoms with van der Waals surface area (Å²) in [6.45, 7) is 1.32. The molecule has 3 rings (SSSR count). The Morgan fingerprint density at radius 3 is 2.04 bits per heavy atom. The number of aliphatic hydroxyl groups excluding tert-OH is 1. The van der Waals surface area contributed by atoms with Crippen LogP contribution in [0.3, 0.4) is 0 Å². The summed E-state index contributed by atoms with van der Waals surface area (Å²) in [6.07, 6.45) is -1.73. The fourth-order valence-corrected chi connectivity index (χ4v) is 3.01. The number of rotatable bonds is 7. The van der Waals surface area contributed by atoms with Gasteiger partial charge in [-0.15, -0.1) is 0 Å². The molecule has 3 aromatic rings. The molecule has 0 aliphatic carbocycles. The summed E-state index contributed by atoms with van der Waals surface area (Å²) in [5.74, 6) is -1.38. The van der Waals surface area contributed by atoms with Gasteiger partial charge in [0.2, 0.25) is 6.10 Å². The molecule has 1 aromatic heterocycles. The monoisotopic (exact) mass is 380 g/mol. The number of hydrogen-bond donors (Lipinski definition) is 3. The third kappa shape index (κ3) is 3.85. The van der Waals surface area contributed by atoms with Crippen molar-refractivity contribution in [3.05, 3.63) is 89.2 Å². The molecule has 7 heteroatoms. The highest BCUT2D eigenvalue weighted by molar-refractivity contribution is 5.76. The van der Waals surface area contributed by atoms with E-state index < -0.39 is 17.7 Å². The molecule has 0 spiro atoms. The number of aliphatic hydroxyl groups is 2. The third-order valence-corrected chi connectivity index (χ3v) is 4.30. The van der Waals surface area contributed by atoms with Crippen LogP contribution in [0.4, 0.5) is 0 Å². The van der Waals surface area contributed by atoms with Crippen LogP contribution < -0.4 is 4.74 Å². The van der Waals surface area contributed by atoms with Crippen LogP contribution in [-0.4, -0.2) is 37.4 Å². The molecule has 7 nitrogen and oxygen atoms in total. The van der Waals surface area contributed by atoms with Crippen molar-refractivity contribution >= 4 is 5.97 Å². The molecule has 1 atom stereocenters. The minimum atomic E-state index is -2.00. The number of nitrogens with zero attached hydrogens (tertiary/aromatic N) is 2. The smallest absolute Gasteiger partial charge is 0.348 e. The van der Waals surface area contributed by atoms with Crippen molar-refractivity contribution in [3.63, 3.8) is 0 Å². The van der Waals surface area contributed by atoms with Crippen LogP contribution in [0, 0.1) is 6.92 Å². The van der Waals surface area contributed by atoms with Gasteiger partial charge in [-0.2, -0.15) is 4.98 Å². The van der Waals surface area contributed by atoms with E-state index in [1.807, 2.05) is 0 Å². The molecule has 0 aliphatic rings. The van der Waals surface area contributed by atoms with Crippen LogP contribution in [0.1, 0.15) is 22.5 Å². The van der Waals surface area contributed by atoms with Crippen molar-refractivity contribution in [2.75, 3.05) is 0 Å². The minimum absolute atomic E-state index is 0.235. The Morgan fingerprint density at radius 1 is 1.04 bits per heavy atom. The van der Waals surface area contributed by atoms with Crippen LogP contribution in [-0.2, 0) is 17.0 Å². The maximum Gasteiger partial charge on any atom is 0.348 e. The Balaban J connectivity index is 2.13. The SMILES string of the molecule is Cc1cc(CO)nc(O[C@H](C(=O)O)C(O)(c2ccccc2)c2ccccc2)n1. The van der Waals surface area contributed by atoms with E-state index in [4.69, 9.17) is 4.74 Å². The van der Waals surface area contributed by atoms with Gasteiger partial charge in [0.25, 0.3) is 0 Å². The second-order valence-corrected chi connectivity index (χ2v) is 6.28. The van der Waals surface area contributed by atoms with Crippen LogP contribution in [0.5, 0.6) is 6.01 Å². The minimum Gasteiger partial charge on any atom is -0.478 e. The van der Waals surface area contributed by atoms with Crippen LogP contribution in [0.15, 0.2) is 66.7 Å². The Morgan fingerprint density at radius 2 is 1.57 bits per heavy atom. The Kier molecular flexibility index (Phi) is 5.67. The van der Waals surface area contributed by atoms with Crippen molar-refractivity contribution in [3.8, 4) is 6.01 Å². The standard InChI is InChI=1S/C21H20N2O5/c1-14-12-17(13-24)23-20(22-14)28-18(19(25)26)21(27,15-8-4-2-5-9-15)16-10-6-3-7-11-16/h2-12,18,24,27H,13H2,1H3,(H,25,26)/t18-/m1/s1. The van der Waals surface area contributed by atoms with E-state index >= 15 is 0 Å². The highest BCUT2D eigenvalue weighted by Crippen LogP contribution is 2.35. The van der Waals surface area contributed by atoms with E-state index in [0.717, 1.165) is 0 Å². The van der Waals surface area contributed by atoms with Gasteiger partial charge in [-0.3, -0.25) is 0 Å². The predicted molar refractivity (Wildman–Crippen MR) is 101 cm³/mol. The van der Waals surface area contributed by atoms with Crippen LogP contribution in [0.25, 0.3) is 0 Å². The first-order valence-electron chi connectivity index (χ1n) is 8.63. The Bertz CT molecular complexity index is 908. The number of aryl methyl sites for hydroxylation is 1. The average Bonchev–Trinajstić information content (AvgIpc) is 2.72. The van der Waals surface area contributed by atoms with Gasteiger partial charge in [-0.25, -0.2) is 9.78 Å². The molecule has 0 saturated heterocycles. The average molecular weight is 380 g/mol. The maximum absolute atomic E-state index is 12.1. The van der Waals surface area contributed by atoms with Gasteiger partial charge < -0.3 is 20.1 Å². The number of aliphatic carboxylic acids is 1. The number of aromatic nitrogens is 2. The molecule has 0 saturated carbocycles. The lowest BCUT2D eigenvalue weighted by molar-refractivity contribution is -0.157. The summed E-state index contributed by atoms with van der Waals surface area (Å²) in [5, 5.41) is 30.9. The molecule has 0 radical (unpaired) electrons. The van der Waals surface area contributed by atoms with Gasteiger partial charge in [0.05, 0.1) is 12.3 Å². The van der Waals surface area contributed by atoms with E-state index in [1.54, 1.807) is 73.7 Å². The zero-order valence-electron chi connectivity index (χ0n) is 15.2. The molecule has 0 aliphatic heterocycles. The Labute approximate surface area is 161 Å². The van der Waals surface area contributed by atoms with Crippen molar-refractivity contribution < 1.29 is 24.9 Å². The normalized spacial score (nSPS) is 12.4. The molecule has 0 fully saturated rings. The van der Waals surface area contributed by atoms with Gasteiger partial charge in [0.15, 0.2) is 5.60 Å². The van der Waals surface area contributed by atoms with Gasteiger partial charge in [-0.05, 0) is 24.1 Å². The van der Waals surface area contributed by atoms with Crippen molar-refractivity contribution in [2.45, 2.75) is 25.2 Å². The van der Waals surface area contributed by atoms with E-state index in [1.165, 1.54) is 0 Å². The van der Waals surface area contributed by atoms with E-state index in [0.29, 0.717) is 16.8 Å². The first-order valence-corrected chi connectivity index (χ1v) is 8.63. The first kappa shape index (κ1) is 19.5. The van der Waals surface area contributed by atoms with Crippen molar-refractivity contribution in [2.24, 2.45) is 0 Å². The largest absolute Gasteiger partial charge is 0.478 e. The summed E-state index contributed by atoms with van der Waals surface area (Å²) in [4.78, 5) is 20.2. The molecule has 0 unspecified atom stereocenters. The molecule has 1 heterocycles. The molecular weight excluding hydrogens is 360 g/mol. The first-order chi connectivity index (χ1) is 13.4. The highest BCUT2D eigenvalue weighted by Gasteiger charge is 2.47. The maximum atomic E-state index is 12.1. The molecule has 3 N–H and O–H groups in total. The van der Waals surface area contributed by atoms with Gasteiger partial charge >= 0.3 is 12.0 Å². The molecular formula is C21H20N2O5. The van der Waals surface area contributed by atoms with Crippen molar-refractivity contribution in [1.82, 2.24) is 9.97 Å². The lowest BCUT2D eigenvalue weighted by atomic mass is 9.81. The number of carboxylic acid groups (broad SMARTS) is 1. The van der Waals surface area contributed by atoms with E-state index in [2.05, 4.69) is 9.97 Å². The van der Waals surface area contributed by atoms with Crippen molar-refractivity contribution in [1.29, 1.82) is 0 Å². The van der Waals surface area contributed by atoms with Gasteiger partial charge in [0.1, 0.15) is 0 Å².